The molecular weight excluding hydrogens is 356 g/mol. The molecular formula is C21H18N4O3. The van der Waals surface area contributed by atoms with Gasteiger partial charge in [0, 0.05) is 0 Å². The van der Waals surface area contributed by atoms with Crippen molar-refractivity contribution in [1.82, 2.24) is 9.78 Å². The average Bonchev–Trinajstić information content (AvgIpc) is 3.01. The van der Waals surface area contributed by atoms with Gasteiger partial charge in [-0.25, -0.2) is 9.48 Å². The number of esters is 1. The van der Waals surface area contributed by atoms with Crippen LogP contribution in [0.15, 0.2) is 54.6 Å². The Morgan fingerprint density at radius 1 is 1.14 bits per heavy atom. The van der Waals surface area contributed by atoms with Gasteiger partial charge in [-0.1, -0.05) is 24.3 Å². The highest BCUT2D eigenvalue weighted by Gasteiger charge is 2.17. The monoisotopic (exact) mass is 374 g/mol. The van der Waals surface area contributed by atoms with Crippen LogP contribution < -0.4 is 5.32 Å². The molecule has 0 aliphatic carbocycles. The van der Waals surface area contributed by atoms with E-state index < -0.39 is 18.5 Å². The summed E-state index contributed by atoms with van der Waals surface area (Å²) in [6.45, 7) is 3.20. The van der Waals surface area contributed by atoms with Crippen LogP contribution in [0.1, 0.15) is 27.3 Å². The fourth-order valence-electron chi connectivity index (χ4n) is 2.75. The Morgan fingerprint density at radius 3 is 2.61 bits per heavy atom. The van der Waals surface area contributed by atoms with Gasteiger partial charge in [-0.3, -0.25) is 4.79 Å². The van der Waals surface area contributed by atoms with E-state index in [-0.39, 0.29) is 5.56 Å². The summed E-state index contributed by atoms with van der Waals surface area (Å²) in [5.41, 5.74) is 3.45. The predicted octanol–water partition coefficient (Wildman–Crippen LogP) is 3.16. The van der Waals surface area contributed by atoms with Crippen LogP contribution in [0.2, 0.25) is 0 Å². The van der Waals surface area contributed by atoms with Crippen LogP contribution in [0.4, 0.5) is 5.69 Å². The first kappa shape index (κ1) is 18.9. The van der Waals surface area contributed by atoms with Crippen molar-refractivity contribution >= 4 is 17.6 Å². The minimum Gasteiger partial charge on any atom is -0.452 e. The van der Waals surface area contributed by atoms with Crippen LogP contribution in [0, 0.1) is 25.2 Å². The summed E-state index contributed by atoms with van der Waals surface area (Å²) in [5, 5.41) is 16.1. The molecule has 28 heavy (non-hydrogen) atoms. The standard InChI is InChI=1S/C21H18N4O3/c1-14-20(15(2)25(24-14)18-9-4-3-5-10-18)23-19(26)13-28-21(27)17-8-6-7-16(11-17)12-22/h3-11H,13H2,1-2H3,(H,23,26). The molecule has 2 aromatic carbocycles. The minimum atomic E-state index is -0.666. The zero-order valence-corrected chi connectivity index (χ0v) is 15.5. The molecule has 0 saturated heterocycles. The third-order valence-corrected chi connectivity index (χ3v) is 4.12. The van der Waals surface area contributed by atoms with Crippen molar-refractivity contribution in [3.05, 3.63) is 77.1 Å². The molecule has 0 radical (unpaired) electrons. The normalized spacial score (nSPS) is 10.2. The topological polar surface area (TPSA) is 97.0 Å². The van der Waals surface area contributed by atoms with Crippen LogP contribution in [0.25, 0.3) is 5.69 Å². The first-order valence-corrected chi connectivity index (χ1v) is 8.58. The number of nitrogens with zero attached hydrogens (tertiary/aromatic N) is 3. The van der Waals surface area contributed by atoms with E-state index in [0.717, 1.165) is 11.4 Å². The van der Waals surface area contributed by atoms with Gasteiger partial charge in [-0.15, -0.1) is 0 Å². The van der Waals surface area contributed by atoms with Crippen LogP contribution >= 0.6 is 0 Å². The van der Waals surface area contributed by atoms with Gasteiger partial charge in [-0.2, -0.15) is 10.4 Å². The molecule has 0 aliphatic rings. The van der Waals surface area contributed by atoms with E-state index in [9.17, 15) is 9.59 Å². The molecule has 0 spiro atoms. The number of hydrogen-bond acceptors (Lipinski definition) is 5. The molecule has 7 heteroatoms. The maximum absolute atomic E-state index is 12.2. The third kappa shape index (κ3) is 4.07. The molecule has 1 N–H and O–H groups in total. The number of carbonyl (C=O) groups excluding carboxylic acids is 2. The Bertz CT molecular complexity index is 1060. The fourth-order valence-corrected chi connectivity index (χ4v) is 2.75. The highest BCUT2D eigenvalue weighted by atomic mass is 16.5. The van der Waals surface area contributed by atoms with Gasteiger partial charge in [-0.05, 0) is 44.2 Å². The third-order valence-electron chi connectivity index (χ3n) is 4.12. The molecule has 0 unspecified atom stereocenters. The van der Waals surface area contributed by atoms with Gasteiger partial charge < -0.3 is 10.1 Å². The first-order chi connectivity index (χ1) is 13.5. The van der Waals surface area contributed by atoms with Crippen molar-refractivity contribution in [2.45, 2.75) is 13.8 Å². The Kier molecular flexibility index (Phi) is 5.51. The van der Waals surface area contributed by atoms with Crippen molar-refractivity contribution in [3.63, 3.8) is 0 Å². The summed E-state index contributed by atoms with van der Waals surface area (Å²) >= 11 is 0. The predicted molar refractivity (Wildman–Crippen MR) is 103 cm³/mol. The second-order valence-corrected chi connectivity index (χ2v) is 6.11. The van der Waals surface area contributed by atoms with Gasteiger partial charge in [0.05, 0.1) is 40.0 Å². The van der Waals surface area contributed by atoms with Crippen molar-refractivity contribution in [2.24, 2.45) is 0 Å². The smallest absolute Gasteiger partial charge is 0.338 e. The maximum Gasteiger partial charge on any atom is 0.338 e. The fraction of sp³-hybridized carbons (Fsp3) is 0.143. The molecule has 3 aromatic rings. The number of ether oxygens (including phenoxy) is 1. The number of nitrogens with one attached hydrogen (secondary N) is 1. The van der Waals surface area contributed by atoms with Gasteiger partial charge in [0.1, 0.15) is 0 Å². The highest BCUT2D eigenvalue weighted by molar-refractivity contribution is 5.96. The SMILES string of the molecule is Cc1nn(-c2ccccc2)c(C)c1NC(=O)COC(=O)c1cccc(C#N)c1. The Balaban J connectivity index is 1.66. The molecule has 1 aromatic heterocycles. The van der Waals surface area contributed by atoms with Crippen molar-refractivity contribution < 1.29 is 14.3 Å². The Morgan fingerprint density at radius 2 is 1.89 bits per heavy atom. The van der Waals surface area contributed by atoms with E-state index in [4.69, 9.17) is 10.00 Å². The molecule has 1 amide bonds. The second-order valence-electron chi connectivity index (χ2n) is 6.11. The first-order valence-electron chi connectivity index (χ1n) is 8.58. The van der Waals surface area contributed by atoms with Crippen LogP contribution in [0.5, 0.6) is 0 Å². The molecule has 7 nitrogen and oxygen atoms in total. The maximum atomic E-state index is 12.2. The van der Waals surface area contributed by atoms with Gasteiger partial charge in [0.2, 0.25) is 0 Å². The number of rotatable bonds is 5. The number of hydrogen-bond donors (Lipinski definition) is 1. The molecule has 0 bridgehead atoms. The Labute approximate surface area is 162 Å². The quantitative estimate of drug-likeness (QED) is 0.692. The lowest BCUT2D eigenvalue weighted by atomic mass is 10.1. The molecule has 0 saturated carbocycles. The molecule has 140 valence electrons. The highest BCUT2D eigenvalue weighted by Crippen LogP contribution is 2.22. The number of benzene rings is 2. The number of aromatic nitrogens is 2. The average molecular weight is 374 g/mol. The number of carbonyl (C=O) groups is 2. The summed E-state index contributed by atoms with van der Waals surface area (Å²) in [6.07, 6.45) is 0. The largest absolute Gasteiger partial charge is 0.452 e. The van der Waals surface area contributed by atoms with E-state index in [1.165, 1.54) is 12.1 Å². The Hall–Kier alpha value is -3.92. The summed E-state index contributed by atoms with van der Waals surface area (Å²) in [4.78, 5) is 24.3. The summed E-state index contributed by atoms with van der Waals surface area (Å²) in [7, 11) is 0. The molecule has 0 fully saturated rings. The minimum absolute atomic E-state index is 0.219. The van der Waals surface area contributed by atoms with Gasteiger partial charge in [0.25, 0.3) is 5.91 Å². The number of aryl methyl sites for hydroxylation is 1. The van der Waals surface area contributed by atoms with Crippen molar-refractivity contribution in [2.75, 3.05) is 11.9 Å². The second kappa shape index (κ2) is 8.18. The molecule has 0 aliphatic heterocycles. The molecule has 0 atom stereocenters. The van der Waals surface area contributed by atoms with E-state index in [1.54, 1.807) is 23.7 Å². The van der Waals surface area contributed by atoms with E-state index >= 15 is 0 Å². The zero-order valence-electron chi connectivity index (χ0n) is 15.5. The number of para-hydroxylation sites is 1. The van der Waals surface area contributed by atoms with Crippen LogP contribution in [0.3, 0.4) is 0 Å². The lowest BCUT2D eigenvalue weighted by Crippen LogP contribution is -2.21. The number of amides is 1. The lowest BCUT2D eigenvalue weighted by Gasteiger charge is -2.08. The van der Waals surface area contributed by atoms with Gasteiger partial charge in [0.15, 0.2) is 6.61 Å². The molecule has 3 rings (SSSR count). The van der Waals surface area contributed by atoms with E-state index in [0.29, 0.717) is 16.9 Å². The summed E-state index contributed by atoms with van der Waals surface area (Å²) in [6, 6.07) is 17.6. The molecule has 1 heterocycles. The van der Waals surface area contributed by atoms with E-state index in [1.807, 2.05) is 43.3 Å². The summed E-state index contributed by atoms with van der Waals surface area (Å²) in [5.74, 6) is -1.13. The van der Waals surface area contributed by atoms with Gasteiger partial charge >= 0.3 is 5.97 Å². The lowest BCUT2D eigenvalue weighted by molar-refractivity contribution is -0.119. The summed E-state index contributed by atoms with van der Waals surface area (Å²) < 4.78 is 6.79. The van der Waals surface area contributed by atoms with E-state index in [2.05, 4.69) is 10.4 Å². The zero-order chi connectivity index (χ0) is 20.1. The van der Waals surface area contributed by atoms with Crippen LogP contribution in [-0.4, -0.2) is 28.3 Å². The van der Waals surface area contributed by atoms with Crippen LogP contribution in [-0.2, 0) is 9.53 Å². The van der Waals surface area contributed by atoms with Crippen molar-refractivity contribution in [3.8, 4) is 11.8 Å². The van der Waals surface area contributed by atoms with Crippen molar-refractivity contribution in [1.29, 1.82) is 5.26 Å². The number of nitriles is 1. The number of anilines is 1.